The molecule has 0 aliphatic carbocycles. The number of nitrogens with two attached hydrogens (primary N) is 1. The topological polar surface area (TPSA) is 97.1 Å². The predicted octanol–water partition coefficient (Wildman–Crippen LogP) is 2.78. The lowest BCUT2D eigenvalue weighted by Gasteiger charge is -2.16. The van der Waals surface area contributed by atoms with Crippen molar-refractivity contribution in [2.75, 3.05) is 25.4 Å². The van der Waals surface area contributed by atoms with Crippen LogP contribution in [0, 0.1) is 0 Å². The highest BCUT2D eigenvalue weighted by Crippen LogP contribution is 2.27. The third-order valence-corrected chi connectivity index (χ3v) is 7.23. The van der Waals surface area contributed by atoms with Crippen LogP contribution in [-0.4, -0.2) is 44.8 Å². The normalized spacial score (nSPS) is 12.9. The summed E-state index contributed by atoms with van der Waals surface area (Å²) >= 11 is 1.57. The van der Waals surface area contributed by atoms with Crippen LogP contribution in [0.25, 0.3) is 10.8 Å². The van der Waals surface area contributed by atoms with Crippen LogP contribution in [0.2, 0.25) is 0 Å². The van der Waals surface area contributed by atoms with Gasteiger partial charge >= 0.3 is 0 Å². The van der Waals surface area contributed by atoms with Gasteiger partial charge in [0.1, 0.15) is 5.03 Å². The van der Waals surface area contributed by atoms with Crippen molar-refractivity contribution in [3.63, 3.8) is 0 Å². The van der Waals surface area contributed by atoms with E-state index < -0.39 is 10.0 Å². The van der Waals surface area contributed by atoms with E-state index in [1.54, 1.807) is 30.1 Å². The van der Waals surface area contributed by atoms with Crippen molar-refractivity contribution in [2.45, 2.75) is 29.3 Å². The number of hydrogen-bond acceptors (Lipinski definition) is 6. The molecule has 0 fully saturated rings. The van der Waals surface area contributed by atoms with E-state index in [4.69, 9.17) is 5.73 Å². The number of thioether (sulfide) groups is 1. The van der Waals surface area contributed by atoms with Crippen molar-refractivity contribution in [1.82, 2.24) is 15.0 Å². The molecule has 0 saturated carbocycles. The summed E-state index contributed by atoms with van der Waals surface area (Å²) in [5.74, 6) is 0.766. The average molecular weight is 445 g/mol. The summed E-state index contributed by atoms with van der Waals surface area (Å²) in [6.07, 6.45) is 2.60. The average Bonchev–Trinajstić information content (AvgIpc) is 2.75. The molecule has 0 aliphatic rings. The van der Waals surface area contributed by atoms with E-state index in [9.17, 15) is 8.42 Å². The lowest BCUT2D eigenvalue weighted by molar-refractivity contribution is 0.537. The Morgan fingerprint density at radius 2 is 1.93 bits per heavy atom. The fraction of sp³-hybridized carbons (Fsp3) is 0.318. The molecule has 1 unspecified atom stereocenters. The molecule has 0 aliphatic heterocycles. The van der Waals surface area contributed by atoms with Gasteiger partial charge in [-0.3, -0.25) is 0 Å². The number of aromatic nitrogens is 1. The first-order valence-electron chi connectivity index (χ1n) is 9.98. The Balaban J connectivity index is 1.59. The number of rotatable bonds is 11. The van der Waals surface area contributed by atoms with Crippen molar-refractivity contribution >= 4 is 32.6 Å². The molecule has 30 heavy (non-hydrogen) atoms. The van der Waals surface area contributed by atoms with Gasteiger partial charge in [0.15, 0.2) is 0 Å². The summed E-state index contributed by atoms with van der Waals surface area (Å²) < 4.78 is 28.4. The summed E-state index contributed by atoms with van der Waals surface area (Å²) in [6, 6.07) is 17.0. The maximum absolute atomic E-state index is 12.8. The summed E-state index contributed by atoms with van der Waals surface area (Å²) in [7, 11) is -3.61. The molecule has 0 saturated heterocycles. The number of nitrogens with one attached hydrogen (secondary N) is 2. The second-order valence-corrected chi connectivity index (χ2v) is 9.90. The molecule has 6 nitrogen and oxygen atoms in total. The van der Waals surface area contributed by atoms with Gasteiger partial charge in [0.25, 0.3) is 0 Å². The molecular weight excluding hydrogens is 416 g/mol. The van der Waals surface area contributed by atoms with Gasteiger partial charge in [-0.15, -0.1) is 11.8 Å². The van der Waals surface area contributed by atoms with E-state index in [2.05, 4.69) is 27.2 Å². The number of fused-ring (bicyclic) bond motifs is 1. The zero-order valence-electron chi connectivity index (χ0n) is 17.0. The molecule has 1 atom stereocenters. The van der Waals surface area contributed by atoms with Gasteiger partial charge in [0.05, 0.1) is 4.90 Å². The van der Waals surface area contributed by atoms with Crippen LogP contribution >= 0.6 is 11.8 Å². The molecule has 0 bridgehead atoms. The monoisotopic (exact) mass is 444 g/mol. The first-order valence-corrected chi connectivity index (χ1v) is 12.4. The van der Waals surface area contributed by atoms with Crippen LogP contribution < -0.4 is 15.8 Å². The van der Waals surface area contributed by atoms with Gasteiger partial charge in [0, 0.05) is 36.5 Å². The van der Waals surface area contributed by atoms with Gasteiger partial charge in [-0.2, -0.15) is 0 Å². The Morgan fingerprint density at radius 3 is 2.70 bits per heavy atom. The van der Waals surface area contributed by atoms with Crippen LogP contribution in [0.3, 0.4) is 0 Å². The fourth-order valence-electron chi connectivity index (χ4n) is 3.14. The largest absolute Gasteiger partial charge is 0.330 e. The molecule has 2 aromatic carbocycles. The maximum Gasteiger partial charge on any atom is 0.240 e. The minimum absolute atomic E-state index is 0.227. The second-order valence-electron chi connectivity index (χ2n) is 7.10. The van der Waals surface area contributed by atoms with E-state index in [1.165, 1.54) is 5.56 Å². The van der Waals surface area contributed by atoms with Crippen molar-refractivity contribution in [3.05, 3.63) is 66.4 Å². The minimum atomic E-state index is -3.61. The first kappa shape index (κ1) is 22.7. The molecule has 0 amide bonds. The van der Waals surface area contributed by atoms with Crippen molar-refractivity contribution in [2.24, 2.45) is 5.73 Å². The SMILES string of the molecule is CC(CNCCc1ccccc1)NS(=O)(=O)c1ccc2c(SCCN)nccc2c1. The Labute approximate surface area is 182 Å². The van der Waals surface area contributed by atoms with Crippen LogP contribution in [0.1, 0.15) is 12.5 Å². The second kappa shape index (κ2) is 10.9. The van der Waals surface area contributed by atoms with Crippen LogP contribution in [0.4, 0.5) is 0 Å². The highest BCUT2D eigenvalue weighted by molar-refractivity contribution is 7.99. The van der Waals surface area contributed by atoms with Crippen LogP contribution in [0.5, 0.6) is 0 Å². The predicted molar refractivity (Wildman–Crippen MR) is 124 cm³/mol. The standard InChI is InChI=1S/C22H28N4O2S2/c1-17(16-24-12-9-18-5-3-2-4-6-18)26-30(27,28)20-7-8-21-19(15-20)10-13-25-22(21)29-14-11-23/h2-8,10,13,15,17,24,26H,9,11-12,14,16,23H2,1H3. The number of sulfonamides is 1. The lowest BCUT2D eigenvalue weighted by Crippen LogP contribution is -2.40. The van der Waals surface area contributed by atoms with Gasteiger partial charge in [-0.1, -0.05) is 36.4 Å². The molecule has 8 heteroatoms. The maximum atomic E-state index is 12.8. The molecule has 160 valence electrons. The lowest BCUT2D eigenvalue weighted by atomic mass is 10.1. The molecule has 0 radical (unpaired) electrons. The first-order chi connectivity index (χ1) is 14.5. The Hall–Kier alpha value is -1.97. The number of hydrogen-bond donors (Lipinski definition) is 3. The van der Waals surface area contributed by atoms with Gasteiger partial charge in [0.2, 0.25) is 10.0 Å². The molecule has 0 spiro atoms. The fourth-order valence-corrected chi connectivity index (χ4v) is 5.20. The van der Waals surface area contributed by atoms with Gasteiger partial charge in [-0.05, 0) is 49.0 Å². The molecular formula is C22H28N4O2S2. The van der Waals surface area contributed by atoms with Gasteiger partial charge in [-0.25, -0.2) is 18.1 Å². The Bertz CT molecular complexity index is 1060. The van der Waals surface area contributed by atoms with E-state index in [1.807, 2.05) is 37.3 Å². The van der Waals surface area contributed by atoms with Crippen LogP contribution in [0.15, 0.2) is 70.7 Å². The van der Waals surface area contributed by atoms with E-state index in [0.717, 1.165) is 34.5 Å². The Morgan fingerprint density at radius 1 is 1.13 bits per heavy atom. The summed E-state index contributed by atoms with van der Waals surface area (Å²) in [4.78, 5) is 4.64. The summed E-state index contributed by atoms with van der Waals surface area (Å²) in [6.45, 7) is 3.78. The highest BCUT2D eigenvalue weighted by Gasteiger charge is 2.18. The van der Waals surface area contributed by atoms with E-state index in [-0.39, 0.29) is 10.9 Å². The van der Waals surface area contributed by atoms with E-state index >= 15 is 0 Å². The smallest absolute Gasteiger partial charge is 0.240 e. The number of nitrogens with zero attached hydrogens (tertiary/aromatic N) is 1. The molecule has 1 heterocycles. The number of pyridine rings is 1. The third-order valence-electron chi connectivity index (χ3n) is 4.61. The zero-order chi connectivity index (χ0) is 21.4. The summed E-state index contributed by atoms with van der Waals surface area (Å²) in [5.41, 5.74) is 6.84. The molecule has 4 N–H and O–H groups in total. The van der Waals surface area contributed by atoms with Gasteiger partial charge < -0.3 is 11.1 Å². The Kier molecular flexibility index (Phi) is 8.24. The number of benzene rings is 2. The molecule has 3 aromatic rings. The molecule has 1 aromatic heterocycles. The highest BCUT2D eigenvalue weighted by atomic mass is 32.2. The van der Waals surface area contributed by atoms with Crippen molar-refractivity contribution in [1.29, 1.82) is 0 Å². The van der Waals surface area contributed by atoms with Crippen molar-refractivity contribution in [3.8, 4) is 0 Å². The quantitative estimate of drug-likeness (QED) is 0.311. The minimum Gasteiger partial charge on any atom is -0.330 e. The molecule has 3 rings (SSSR count). The van der Waals surface area contributed by atoms with E-state index in [0.29, 0.717) is 13.1 Å². The van der Waals surface area contributed by atoms with Crippen LogP contribution in [-0.2, 0) is 16.4 Å². The van der Waals surface area contributed by atoms with Crippen molar-refractivity contribution < 1.29 is 8.42 Å². The zero-order valence-corrected chi connectivity index (χ0v) is 18.7. The third kappa shape index (κ3) is 6.26. The summed E-state index contributed by atoms with van der Waals surface area (Å²) in [5, 5.41) is 5.97.